The highest BCUT2D eigenvalue weighted by Gasteiger charge is 2.13. The topological polar surface area (TPSA) is 66.8 Å². The van der Waals surface area contributed by atoms with Crippen LogP contribution in [0.5, 0.6) is 0 Å². The summed E-state index contributed by atoms with van der Waals surface area (Å²) in [5, 5.41) is 17.8. The van der Waals surface area contributed by atoms with Gasteiger partial charge in [-0.3, -0.25) is 0 Å². The quantitative estimate of drug-likeness (QED) is 0.494. The van der Waals surface area contributed by atoms with E-state index in [-0.39, 0.29) is 24.9 Å². The molecule has 2 N–H and O–H groups in total. The SMILES string of the molecule is CC(C#C/C(CO)=C1\C=CC(=O)O1)CO. The molecule has 0 saturated carbocycles. The summed E-state index contributed by atoms with van der Waals surface area (Å²) in [6, 6.07) is 0. The molecule has 0 aromatic rings. The predicted octanol–water partition coefficient (Wildman–Crippen LogP) is -0.0224. The molecule has 0 aliphatic carbocycles. The van der Waals surface area contributed by atoms with Crippen molar-refractivity contribution >= 4 is 5.97 Å². The largest absolute Gasteiger partial charge is 0.422 e. The summed E-state index contributed by atoms with van der Waals surface area (Å²) in [5.41, 5.74) is 0.345. The van der Waals surface area contributed by atoms with Crippen LogP contribution in [-0.2, 0) is 9.53 Å². The van der Waals surface area contributed by atoms with Crippen molar-refractivity contribution in [2.75, 3.05) is 13.2 Å². The van der Waals surface area contributed by atoms with Crippen LogP contribution in [0.3, 0.4) is 0 Å². The van der Waals surface area contributed by atoms with Gasteiger partial charge in [-0.25, -0.2) is 4.79 Å². The number of carbonyl (C=O) groups excluding carboxylic acids is 1. The van der Waals surface area contributed by atoms with Gasteiger partial charge in [0.2, 0.25) is 0 Å². The second kappa shape index (κ2) is 5.35. The summed E-state index contributed by atoms with van der Waals surface area (Å²) in [5.74, 6) is 5.05. The lowest BCUT2D eigenvalue weighted by Crippen LogP contribution is -1.99. The molecule has 1 unspecified atom stereocenters. The summed E-state index contributed by atoms with van der Waals surface area (Å²) in [4.78, 5) is 10.8. The van der Waals surface area contributed by atoms with Crippen LogP contribution in [0, 0.1) is 17.8 Å². The fourth-order valence-electron chi connectivity index (χ4n) is 0.917. The molecule has 0 radical (unpaired) electrons. The third-order valence-corrected chi connectivity index (χ3v) is 1.78. The van der Waals surface area contributed by atoms with Crippen molar-refractivity contribution in [3.8, 4) is 11.8 Å². The van der Waals surface area contributed by atoms with Crippen LogP contribution in [-0.4, -0.2) is 29.4 Å². The lowest BCUT2D eigenvalue weighted by Gasteiger charge is -2.00. The van der Waals surface area contributed by atoms with E-state index in [4.69, 9.17) is 14.9 Å². The molecular weight excluding hydrogens is 196 g/mol. The van der Waals surface area contributed by atoms with Gasteiger partial charge in [0.15, 0.2) is 0 Å². The second-order valence-electron chi connectivity index (χ2n) is 3.11. The van der Waals surface area contributed by atoms with E-state index in [2.05, 4.69) is 11.8 Å². The van der Waals surface area contributed by atoms with Gasteiger partial charge in [0.1, 0.15) is 5.76 Å². The molecule has 0 bridgehead atoms. The highest BCUT2D eigenvalue weighted by molar-refractivity contribution is 5.86. The molecule has 0 fully saturated rings. The molecule has 0 spiro atoms. The van der Waals surface area contributed by atoms with Gasteiger partial charge in [0.05, 0.1) is 18.8 Å². The van der Waals surface area contributed by atoms with Crippen molar-refractivity contribution in [3.63, 3.8) is 0 Å². The number of cyclic esters (lactones) is 1. The summed E-state index contributed by atoms with van der Waals surface area (Å²) in [7, 11) is 0. The highest BCUT2D eigenvalue weighted by atomic mass is 16.5. The zero-order chi connectivity index (χ0) is 11.3. The maximum atomic E-state index is 10.8. The van der Waals surface area contributed by atoms with Crippen LogP contribution in [0.25, 0.3) is 0 Å². The Balaban J connectivity index is 2.83. The molecule has 0 aromatic carbocycles. The number of esters is 1. The first kappa shape index (κ1) is 11.5. The van der Waals surface area contributed by atoms with Crippen molar-refractivity contribution < 1.29 is 19.7 Å². The first-order valence-corrected chi connectivity index (χ1v) is 4.53. The fourth-order valence-corrected chi connectivity index (χ4v) is 0.917. The predicted molar refractivity (Wildman–Crippen MR) is 53.4 cm³/mol. The van der Waals surface area contributed by atoms with Gasteiger partial charge in [-0.1, -0.05) is 11.8 Å². The monoisotopic (exact) mass is 208 g/mol. The van der Waals surface area contributed by atoms with E-state index in [0.717, 1.165) is 0 Å². The van der Waals surface area contributed by atoms with E-state index in [0.29, 0.717) is 5.57 Å². The lowest BCUT2D eigenvalue weighted by molar-refractivity contribution is -0.132. The van der Waals surface area contributed by atoms with Crippen molar-refractivity contribution in [1.29, 1.82) is 0 Å². The van der Waals surface area contributed by atoms with E-state index in [1.807, 2.05) is 0 Å². The number of aliphatic hydroxyl groups excluding tert-OH is 2. The number of hydrogen-bond donors (Lipinski definition) is 2. The highest BCUT2D eigenvalue weighted by Crippen LogP contribution is 2.13. The maximum absolute atomic E-state index is 10.8. The minimum absolute atomic E-state index is 0.0450. The van der Waals surface area contributed by atoms with Gasteiger partial charge in [-0.15, -0.1) is 0 Å². The summed E-state index contributed by atoms with van der Waals surface area (Å²) in [6.07, 6.45) is 2.73. The molecule has 4 nitrogen and oxygen atoms in total. The van der Waals surface area contributed by atoms with Crippen LogP contribution >= 0.6 is 0 Å². The molecular formula is C11H12O4. The third-order valence-electron chi connectivity index (χ3n) is 1.78. The molecule has 1 aliphatic heterocycles. The van der Waals surface area contributed by atoms with Gasteiger partial charge < -0.3 is 14.9 Å². The molecule has 1 atom stereocenters. The number of aliphatic hydroxyl groups is 2. The smallest absolute Gasteiger partial charge is 0.336 e. The Morgan fingerprint density at radius 3 is 2.73 bits per heavy atom. The molecule has 80 valence electrons. The molecule has 4 heteroatoms. The number of ether oxygens (including phenoxy) is 1. The molecule has 15 heavy (non-hydrogen) atoms. The molecule has 0 saturated heterocycles. The molecule has 0 amide bonds. The summed E-state index contributed by atoms with van der Waals surface area (Å²) < 4.78 is 4.78. The minimum Gasteiger partial charge on any atom is -0.422 e. The Morgan fingerprint density at radius 2 is 2.27 bits per heavy atom. The van der Waals surface area contributed by atoms with Crippen molar-refractivity contribution in [1.82, 2.24) is 0 Å². The van der Waals surface area contributed by atoms with Crippen LogP contribution in [0.1, 0.15) is 6.92 Å². The fraction of sp³-hybridized carbons (Fsp3) is 0.364. The molecule has 1 rings (SSSR count). The van der Waals surface area contributed by atoms with Gasteiger partial charge >= 0.3 is 5.97 Å². The van der Waals surface area contributed by atoms with Gasteiger partial charge in [-0.2, -0.15) is 0 Å². The normalized spacial score (nSPS) is 19.3. The van der Waals surface area contributed by atoms with Gasteiger partial charge in [0, 0.05) is 12.0 Å². The Morgan fingerprint density at radius 1 is 1.53 bits per heavy atom. The van der Waals surface area contributed by atoms with Crippen LogP contribution in [0.4, 0.5) is 0 Å². The molecule has 1 heterocycles. The van der Waals surface area contributed by atoms with Gasteiger partial charge in [0.25, 0.3) is 0 Å². The Labute approximate surface area is 87.9 Å². The maximum Gasteiger partial charge on any atom is 0.336 e. The van der Waals surface area contributed by atoms with Crippen molar-refractivity contribution in [3.05, 3.63) is 23.5 Å². The van der Waals surface area contributed by atoms with E-state index in [1.165, 1.54) is 12.2 Å². The number of allylic oxidation sites excluding steroid dienone is 1. The minimum atomic E-state index is -0.465. The first-order chi connectivity index (χ1) is 7.17. The number of carbonyl (C=O) groups is 1. The van der Waals surface area contributed by atoms with Crippen LogP contribution in [0.15, 0.2) is 23.5 Å². The van der Waals surface area contributed by atoms with Gasteiger partial charge in [-0.05, 0) is 13.0 Å². The third kappa shape index (κ3) is 3.24. The number of hydrogen-bond acceptors (Lipinski definition) is 4. The van der Waals surface area contributed by atoms with E-state index in [9.17, 15) is 4.79 Å². The van der Waals surface area contributed by atoms with Crippen LogP contribution in [0.2, 0.25) is 0 Å². The second-order valence-corrected chi connectivity index (χ2v) is 3.11. The zero-order valence-corrected chi connectivity index (χ0v) is 8.36. The standard InChI is InChI=1S/C11H12O4/c1-8(6-12)2-3-9(7-13)10-4-5-11(14)15-10/h4-5,8,12-13H,6-7H2,1H3/b10-9-. The average molecular weight is 208 g/mol. The Bertz CT molecular complexity index is 368. The summed E-state index contributed by atoms with van der Waals surface area (Å²) in [6.45, 7) is 1.41. The van der Waals surface area contributed by atoms with E-state index >= 15 is 0 Å². The zero-order valence-electron chi connectivity index (χ0n) is 8.36. The molecule has 1 aliphatic rings. The van der Waals surface area contributed by atoms with E-state index < -0.39 is 5.97 Å². The average Bonchev–Trinajstić information content (AvgIpc) is 2.65. The molecule has 0 aromatic heterocycles. The number of rotatable bonds is 2. The Kier molecular flexibility index (Phi) is 4.10. The van der Waals surface area contributed by atoms with Crippen LogP contribution < -0.4 is 0 Å². The summed E-state index contributed by atoms with van der Waals surface area (Å²) >= 11 is 0. The Hall–Kier alpha value is -1.57. The first-order valence-electron chi connectivity index (χ1n) is 4.53. The van der Waals surface area contributed by atoms with E-state index in [1.54, 1.807) is 6.92 Å². The lowest BCUT2D eigenvalue weighted by atomic mass is 10.1. The van der Waals surface area contributed by atoms with Crippen molar-refractivity contribution in [2.24, 2.45) is 5.92 Å². The van der Waals surface area contributed by atoms with Crippen molar-refractivity contribution in [2.45, 2.75) is 6.92 Å².